The fourth-order valence-corrected chi connectivity index (χ4v) is 6.76. The summed E-state index contributed by atoms with van der Waals surface area (Å²) in [5.74, 6) is 0.0123. The molecule has 1 fully saturated rings. The van der Waals surface area contributed by atoms with Gasteiger partial charge in [0.2, 0.25) is 0 Å². The molecule has 2 aliphatic rings. The molecule has 1 saturated heterocycles. The number of carbonyl (C=O) groups excluding carboxylic acids is 2. The van der Waals surface area contributed by atoms with E-state index in [9.17, 15) is 18.0 Å². The first kappa shape index (κ1) is 32.2. The second-order valence-electron chi connectivity index (χ2n) is 13.4. The highest BCUT2D eigenvalue weighted by Crippen LogP contribution is 2.41. The molecule has 4 heterocycles. The highest BCUT2D eigenvalue weighted by atomic mass is 32.2. The zero-order chi connectivity index (χ0) is 31.9. The predicted molar refractivity (Wildman–Crippen MR) is 167 cm³/mol. The van der Waals surface area contributed by atoms with Gasteiger partial charge in [-0.15, -0.1) is 0 Å². The van der Waals surface area contributed by atoms with E-state index in [1.807, 2.05) is 19.9 Å². The summed E-state index contributed by atoms with van der Waals surface area (Å²) in [5, 5.41) is -0.347. The molecule has 0 spiro atoms. The molecule has 2 aliphatic heterocycles. The lowest BCUT2D eigenvalue weighted by Gasteiger charge is -2.36. The predicted octanol–water partition coefficient (Wildman–Crippen LogP) is 4.73. The Balaban J connectivity index is 1.84. The first-order valence-electron chi connectivity index (χ1n) is 14.7. The largest absolute Gasteiger partial charge is 0.447 e. The van der Waals surface area contributed by atoms with Gasteiger partial charge in [-0.05, 0) is 70.2 Å². The van der Waals surface area contributed by atoms with Gasteiger partial charge in [-0.1, -0.05) is 39.8 Å². The third-order valence-corrected chi connectivity index (χ3v) is 8.92. The number of nitrogens with zero attached hydrogens (tertiary/aromatic N) is 4. The number of amides is 2. The van der Waals surface area contributed by atoms with Crippen molar-refractivity contribution in [1.82, 2.24) is 19.6 Å². The fraction of sp³-hybridized carbons (Fsp3) is 0.548. The second-order valence-corrected chi connectivity index (χ2v) is 15.1. The molecule has 234 valence electrons. The van der Waals surface area contributed by atoms with Gasteiger partial charge in [-0.25, -0.2) is 19.5 Å². The minimum Gasteiger partial charge on any atom is -0.447 e. The summed E-state index contributed by atoms with van der Waals surface area (Å²) in [4.78, 5) is 39.2. The van der Waals surface area contributed by atoms with Crippen molar-refractivity contribution >= 4 is 39.2 Å². The smallest absolute Gasteiger partial charge is 0.410 e. The van der Waals surface area contributed by atoms with E-state index in [0.29, 0.717) is 37.8 Å². The summed E-state index contributed by atoms with van der Waals surface area (Å²) in [6.45, 7) is 17.6. The maximum atomic E-state index is 13.9. The summed E-state index contributed by atoms with van der Waals surface area (Å²) >= 11 is 0. The van der Waals surface area contributed by atoms with Crippen LogP contribution < -0.4 is 15.4 Å². The number of nitrogens with two attached hydrogens (primary N) is 1. The monoisotopic (exact) mass is 612 g/mol. The minimum absolute atomic E-state index is 0.0258. The van der Waals surface area contributed by atoms with E-state index >= 15 is 0 Å². The molecule has 0 aliphatic carbocycles. The van der Waals surface area contributed by atoms with E-state index in [4.69, 9.17) is 15.5 Å². The molecule has 0 aromatic carbocycles. The molecule has 11 nitrogen and oxygen atoms in total. The third-order valence-electron chi connectivity index (χ3n) is 7.68. The van der Waals surface area contributed by atoms with Gasteiger partial charge in [-0.2, -0.15) is 8.42 Å². The molecule has 0 unspecified atom stereocenters. The number of carbonyl (C=O) groups is 2. The van der Waals surface area contributed by atoms with Crippen LogP contribution in [0.1, 0.15) is 89.8 Å². The van der Waals surface area contributed by atoms with E-state index in [2.05, 4.69) is 56.1 Å². The quantitative estimate of drug-likeness (QED) is 0.472. The topological polar surface area (TPSA) is 148 Å². The summed E-state index contributed by atoms with van der Waals surface area (Å²) in [6.07, 6.45) is 2.77. The van der Waals surface area contributed by atoms with Gasteiger partial charge in [0.25, 0.3) is 15.9 Å². The number of anilines is 2. The number of ether oxygens (including phenoxy) is 1. The van der Waals surface area contributed by atoms with Gasteiger partial charge in [0.15, 0.2) is 5.03 Å². The Morgan fingerprint density at radius 1 is 1.19 bits per heavy atom. The van der Waals surface area contributed by atoms with Gasteiger partial charge >= 0.3 is 6.09 Å². The molecule has 12 heteroatoms. The van der Waals surface area contributed by atoms with Crippen molar-refractivity contribution in [1.29, 1.82) is 0 Å². The Morgan fingerprint density at radius 2 is 1.88 bits per heavy atom. The number of hydrogen-bond acceptors (Lipinski definition) is 9. The standard InChI is InChI=1S/C31H44N6O5S/c1-19(2)42-29(39)36-14-12-21(13-15-36)22-16-23(28(38)35-43(40,41)25-11-9-10-24(32)33-25)27(34-26(22)30(4,5)6)37-18-20(3)17-31(37,7)8/h9-12,16,19-20H,13-15,17-18H2,1-8H3,(H2,32,33)(H,35,38)/t20-/m0/s1. The summed E-state index contributed by atoms with van der Waals surface area (Å²) < 4.78 is 34.0. The summed E-state index contributed by atoms with van der Waals surface area (Å²) in [5.41, 5.74) is 7.63. The lowest BCUT2D eigenvalue weighted by Crippen LogP contribution is -2.41. The van der Waals surface area contributed by atoms with Crippen molar-refractivity contribution in [3.63, 3.8) is 0 Å². The highest BCUT2D eigenvalue weighted by molar-refractivity contribution is 7.90. The van der Waals surface area contributed by atoms with Crippen molar-refractivity contribution in [2.45, 2.75) is 90.3 Å². The average Bonchev–Trinajstić information content (AvgIpc) is 3.18. The van der Waals surface area contributed by atoms with Crippen LogP contribution in [0.2, 0.25) is 0 Å². The third kappa shape index (κ3) is 7.11. The van der Waals surface area contributed by atoms with Crippen LogP contribution in [0.5, 0.6) is 0 Å². The Labute approximate surface area is 254 Å². The van der Waals surface area contributed by atoms with Crippen LogP contribution in [0, 0.1) is 5.92 Å². The minimum atomic E-state index is -4.32. The second kappa shape index (κ2) is 11.8. The summed E-state index contributed by atoms with van der Waals surface area (Å²) in [6, 6.07) is 5.98. The molecular formula is C31H44N6O5S. The molecule has 0 bridgehead atoms. The molecule has 4 rings (SSSR count). The number of rotatable bonds is 6. The molecule has 2 aromatic rings. The van der Waals surface area contributed by atoms with Gasteiger partial charge in [-0.3, -0.25) is 4.79 Å². The van der Waals surface area contributed by atoms with Crippen molar-refractivity contribution in [2.75, 3.05) is 30.3 Å². The lowest BCUT2D eigenvalue weighted by molar-refractivity contribution is 0.0799. The molecule has 2 amide bonds. The van der Waals surface area contributed by atoms with Gasteiger partial charge < -0.3 is 20.3 Å². The number of aromatic nitrogens is 2. The van der Waals surface area contributed by atoms with Gasteiger partial charge in [0, 0.05) is 36.2 Å². The zero-order valence-electron chi connectivity index (χ0n) is 26.4. The Hall–Kier alpha value is -3.67. The van der Waals surface area contributed by atoms with Crippen molar-refractivity contribution in [3.8, 4) is 0 Å². The molecule has 2 aromatic heterocycles. The Morgan fingerprint density at radius 3 is 2.42 bits per heavy atom. The fourth-order valence-electron chi connectivity index (χ4n) is 5.82. The van der Waals surface area contributed by atoms with E-state index in [1.165, 1.54) is 18.2 Å². The van der Waals surface area contributed by atoms with Crippen molar-refractivity contribution in [2.24, 2.45) is 5.92 Å². The Kier molecular flexibility index (Phi) is 8.84. The van der Waals surface area contributed by atoms with Crippen LogP contribution in [-0.4, -0.2) is 66.6 Å². The van der Waals surface area contributed by atoms with Crippen LogP contribution in [0.3, 0.4) is 0 Å². The van der Waals surface area contributed by atoms with Crippen LogP contribution >= 0.6 is 0 Å². The lowest BCUT2D eigenvalue weighted by atomic mass is 9.83. The van der Waals surface area contributed by atoms with Crippen LogP contribution in [0.4, 0.5) is 16.4 Å². The molecule has 3 N–H and O–H groups in total. The van der Waals surface area contributed by atoms with Crippen molar-refractivity contribution < 1.29 is 22.7 Å². The molecular weight excluding hydrogens is 568 g/mol. The van der Waals surface area contributed by atoms with Crippen LogP contribution in [0.15, 0.2) is 35.4 Å². The number of nitrogen functional groups attached to an aromatic ring is 1. The van der Waals surface area contributed by atoms with E-state index in [-0.39, 0.29) is 34.1 Å². The van der Waals surface area contributed by atoms with E-state index in [1.54, 1.807) is 11.0 Å². The maximum absolute atomic E-state index is 13.9. The van der Waals surface area contributed by atoms with Crippen molar-refractivity contribution in [3.05, 3.63) is 47.2 Å². The molecule has 0 saturated carbocycles. The highest BCUT2D eigenvalue weighted by Gasteiger charge is 2.40. The number of hydrogen-bond donors (Lipinski definition) is 2. The normalized spacial score (nSPS) is 18.9. The van der Waals surface area contributed by atoms with Crippen LogP contribution in [0.25, 0.3) is 5.57 Å². The van der Waals surface area contributed by atoms with Gasteiger partial charge in [0.1, 0.15) is 11.6 Å². The van der Waals surface area contributed by atoms with Crippen LogP contribution in [-0.2, 0) is 20.2 Å². The SMILES string of the molecule is CC(C)OC(=O)N1CC=C(c2cc(C(=O)NS(=O)(=O)c3cccc(N)n3)c(N3C[C@@H](C)CC3(C)C)nc2C(C)(C)C)CC1. The summed E-state index contributed by atoms with van der Waals surface area (Å²) in [7, 11) is -4.32. The Bertz CT molecular complexity index is 1540. The zero-order valence-corrected chi connectivity index (χ0v) is 27.2. The molecule has 0 radical (unpaired) electrons. The molecule has 1 atom stereocenters. The maximum Gasteiger partial charge on any atom is 0.410 e. The van der Waals surface area contributed by atoms with E-state index < -0.39 is 21.3 Å². The first-order valence-corrected chi connectivity index (χ1v) is 16.1. The first-order chi connectivity index (χ1) is 19.9. The number of pyridine rings is 2. The molecule has 43 heavy (non-hydrogen) atoms. The van der Waals surface area contributed by atoms with E-state index in [0.717, 1.165) is 23.3 Å². The van der Waals surface area contributed by atoms with Gasteiger partial charge in [0.05, 0.1) is 17.4 Å². The number of nitrogens with one attached hydrogen (secondary N) is 1. The number of sulfonamides is 1. The average molecular weight is 613 g/mol.